The van der Waals surface area contributed by atoms with E-state index in [0.717, 1.165) is 18.5 Å². The van der Waals surface area contributed by atoms with Crippen molar-refractivity contribution in [2.24, 2.45) is 16.7 Å². The number of hydrogen-bond donors (Lipinski definition) is 1. The van der Waals surface area contributed by atoms with Gasteiger partial charge in [0.25, 0.3) is 0 Å². The average molecular weight is 295 g/mol. The Hall–Kier alpha value is -1.83. The minimum atomic E-state index is -0.0854. The number of benzene rings is 1. The Labute approximate surface area is 133 Å². The van der Waals surface area contributed by atoms with Crippen LogP contribution in [0.1, 0.15) is 39.7 Å². The van der Waals surface area contributed by atoms with Gasteiger partial charge in [0.15, 0.2) is 0 Å². The van der Waals surface area contributed by atoms with Gasteiger partial charge in [-0.2, -0.15) is 0 Å². The molecule has 3 rings (SSSR count). The molecular formula is C20H25NO. The van der Waals surface area contributed by atoms with E-state index in [0.29, 0.717) is 0 Å². The number of hydrogen-bond acceptors (Lipinski definition) is 1. The first-order chi connectivity index (χ1) is 10.4. The summed E-state index contributed by atoms with van der Waals surface area (Å²) in [5, 5.41) is 3.03. The monoisotopic (exact) mass is 295 g/mol. The van der Waals surface area contributed by atoms with Gasteiger partial charge in [-0.1, -0.05) is 70.2 Å². The fourth-order valence-electron chi connectivity index (χ4n) is 3.92. The van der Waals surface area contributed by atoms with Gasteiger partial charge in [-0.25, -0.2) is 0 Å². The summed E-state index contributed by atoms with van der Waals surface area (Å²) >= 11 is 0. The number of amides is 1. The number of fused-ring (bicyclic) bond motifs is 2. The van der Waals surface area contributed by atoms with E-state index in [-0.39, 0.29) is 22.7 Å². The van der Waals surface area contributed by atoms with Crippen LogP contribution in [-0.2, 0) is 4.79 Å². The first-order valence-electron chi connectivity index (χ1n) is 8.20. The molecule has 2 nitrogen and oxygen atoms in total. The van der Waals surface area contributed by atoms with E-state index in [1.165, 1.54) is 11.1 Å². The molecular weight excluding hydrogens is 270 g/mol. The maximum Gasteiger partial charge on any atom is 0.247 e. The molecule has 1 aromatic rings. The SMILES string of the molecule is CCCNC(=O)C1=CC2(C)C(c3ccccc3)=CC1C2(C)C. The second-order valence-electron chi connectivity index (χ2n) is 7.20. The Morgan fingerprint density at radius 1 is 1.18 bits per heavy atom. The molecule has 0 spiro atoms. The Balaban J connectivity index is 1.97. The van der Waals surface area contributed by atoms with Gasteiger partial charge in [0, 0.05) is 23.5 Å². The largest absolute Gasteiger partial charge is 0.352 e. The Bertz CT molecular complexity index is 654. The van der Waals surface area contributed by atoms with Crippen LogP contribution >= 0.6 is 0 Å². The first kappa shape index (κ1) is 15.1. The molecule has 0 radical (unpaired) electrons. The molecule has 116 valence electrons. The zero-order valence-electron chi connectivity index (χ0n) is 13.9. The van der Waals surface area contributed by atoms with Crippen LogP contribution in [0.4, 0.5) is 0 Å². The molecule has 22 heavy (non-hydrogen) atoms. The van der Waals surface area contributed by atoms with Gasteiger partial charge in [-0.15, -0.1) is 0 Å². The van der Waals surface area contributed by atoms with E-state index in [4.69, 9.17) is 0 Å². The molecule has 1 amide bonds. The molecule has 0 aliphatic heterocycles. The predicted molar refractivity (Wildman–Crippen MR) is 91.2 cm³/mol. The fraction of sp³-hybridized carbons (Fsp3) is 0.450. The van der Waals surface area contributed by atoms with Crippen LogP contribution in [0.3, 0.4) is 0 Å². The third-order valence-corrected chi connectivity index (χ3v) is 5.67. The van der Waals surface area contributed by atoms with E-state index in [1.807, 2.05) is 6.07 Å². The summed E-state index contributed by atoms with van der Waals surface area (Å²) in [6, 6.07) is 10.5. The summed E-state index contributed by atoms with van der Waals surface area (Å²) in [7, 11) is 0. The smallest absolute Gasteiger partial charge is 0.247 e. The molecule has 0 fully saturated rings. The molecule has 2 heteroatoms. The van der Waals surface area contributed by atoms with Crippen LogP contribution in [-0.4, -0.2) is 12.5 Å². The minimum Gasteiger partial charge on any atom is -0.352 e. The molecule has 0 heterocycles. The minimum absolute atomic E-state index is 0.0388. The predicted octanol–water partition coefficient (Wildman–Crippen LogP) is 4.20. The van der Waals surface area contributed by atoms with Gasteiger partial charge < -0.3 is 5.32 Å². The number of nitrogens with one attached hydrogen (secondary N) is 1. The third kappa shape index (κ3) is 1.97. The van der Waals surface area contributed by atoms with E-state index in [2.05, 4.69) is 69.4 Å². The molecule has 2 unspecified atom stereocenters. The molecule has 2 aliphatic rings. The summed E-state index contributed by atoms with van der Waals surface area (Å²) in [6.45, 7) is 9.65. The summed E-state index contributed by atoms with van der Waals surface area (Å²) in [4.78, 5) is 12.5. The Morgan fingerprint density at radius 2 is 1.86 bits per heavy atom. The first-order valence-corrected chi connectivity index (χ1v) is 8.20. The van der Waals surface area contributed by atoms with Crippen molar-refractivity contribution in [3.05, 3.63) is 53.6 Å². The van der Waals surface area contributed by atoms with Crippen LogP contribution in [0, 0.1) is 16.7 Å². The molecule has 0 aromatic heterocycles. The number of carbonyl (C=O) groups excluding carboxylic acids is 1. The fourth-order valence-corrected chi connectivity index (χ4v) is 3.92. The Morgan fingerprint density at radius 3 is 2.41 bits per heavy atom. The molecule has 0 saturated carbocycles. The topological polar surface area (TPSA) is 29.1 Å². The van der Waals surface area contributed by atoms with Gasteiger partial charge in [0.05, 0.1) is 0 Å². The summed E-state index contributed by atoms with van der Waals surface area (Å²) in [5.74, 6) is 0.302. The maximum absolute atomic E-state index is 12.5. The highest BCUT2D eigenvalue weighted by atomic mass is 16.1. The van der Waals surface area contributed by atoms with Gasteiger partial charge in [-0.05, 0) is 23.0 Å². The lowest BCUT2D eigenvalue weighted by Crippen LogP contribution is -2.32. The molecule has 0 saturated heterocycles. The lowest BCUT2D eigenvalue weighted by atomic mass is 9.66. The lowest BCUT2D eigenvalue weighted by Gasteiger charge is -2.37. The summed E-state index contributed by atoms with van der Waals surface area (Å²) < 4.78 is 0. The summed E-state index contributed by atoms with van der Waals surface area (Å²) in [5.41, 5.74) is 3.52. The van der Waals surface area contributed by atoms with E-state index >= 15 is 0 Å². The van der Waals surface area contributed by atoms with Crippen LogP contribution in [0.2, 0.25) is 0 Å². The molecule has 2 aliphatic carbocycles. The quantitative estimate of drug-likeness (QED) is 0.886. The van der Waals surface area contributed by atoms with Crippen LogP contribution in [0.25, 0.3) is 5.57 Å². The molecule has 2 atom stereocenters. The van der Waals surface area contributed by atoms with Crippen LogP contribution in [0.5, 0.6) is 0 Å². The molecule has 2 bridgehead atoms. The van der Waals surface area contributed by atoms with E-state index in [9.17, 15) is 4.79 Å². The van der Waals surface area contributed by atoms with Crippen molar-refractivity contribution < 1.29 is 4.79 Å². The zero-order chi connectivity index (χ0) is 16.0. The van der Waals surface area contributed by atoms with Crippen LogP contribution < -0.4 is 5.32 Å². The standard InChI is InChI=1S/C20H25NO/c1-5-11-21-18(22)15-13-20(4)16(12-17(15)19(20,2)3)14-9-7-6-8-10-14/h6-10,12-13,17H,5,11H2,1-4H3,(H,21,22). The van der Waals surface area contributed by atoms with Crippen molar-refractivity contribution >= 4 is 11.5 Å². The van der Waals surface area contributed by atoms with E-state index in [1.54, 1.807) is 0 Å². The highest BCUT2D eigenvalue weighted by molar-refractivity contribution is 5.98. The van der Waals surface area contributed by atoms with Crippen molar-refractivity contribution in [1.29, 1.82) is 0 Å². The van der Waals surface area contributed by atoms with Gasteiger partial charge in [0.2, 0.25) is 5.91 Å². The van der Waals surface area contributed by atoms with Crippen LogP contribution in [0.15, 0.2) is 48.1 Å². The molecule has 1 aromatic carbocycles. The van der Waals surface area contributed by atoms with Crippen molar-refractivity contribution in [2.45, 2.75) is 34.1 Å². The normalized spacial score (nSPS) is 28.3. The lowest BCUT2D eigenvalue weighted by molar-refractivity contribution is -0.118. The highest BCUT2D eigenvalue weighted by Crippen LogP contribution is 2.66. The average Bonchev–Trinajstić information content (AvgIpc) is 2.84. The van der Waals surface area contributed by atoms with Crippen molar-refractivity contribution in [3.63, 3.8) is 0 Å². The number of allylic oxidation sites excluding steroid dienone is 3. The van der Waals surface area contributed by atoms with Gasteiger partial charge in [-0.3, -0.25) is 4.79 Å². The van der Waals surface area contributed by atoms with Gasteiger partial charge >= 0.3 is 0 Å². The number of carbonyl (C=O) groups is 1. The molecule has 1 N–H and O–H groups in total. The van der Waals surface area contributed by atoms with Crippen molar-refractivity contribution in [2.75, 3.05) is 6.54 Å². The Kier molecular flexibility index (Phi) is 3.51. The second-order valence-corrected chi connectivity index (χ2v) is 7.20. The number of rotatable bonds is 4. The second kappa shape index (κ2) is 5.12. The summed E-state index contributed by atoms with van der Waals surface area (Å²) in [6.07, 6.45) is 5.50. The maximum atomic E-state index is 12.5. The van der Waals surface area contributed by atoms with E-state index < -0.39 is 0 Å². The van der Waals surface area contributed by atoms with Gasteiger partial charge in [0.1, 0.15) is 0 Å². The third-order valence-electron chi connectivity index (χ3n) is 5.67. The zero-order valence-corrected chi connectivity index (χ0v) is 13.9. The van der Waals surface area contributed by atoms with Crippen molar-refractivity contribution in [1.82, 2.24) is 5.32 Å². The van der Waals surface area contributed by atoms with Crippen molar-refractivity contribution in [3.8, 4) is 0 Å². The highest BCUT2D eigenvalue weighted by Gasteiger charge is 2.58.